The maximum Gasteiger partial charge on any atom is 0.306 e. The first-order valence-electron chi connectivity index (χ1n) is 15.3. The molecule has 0 aliphatic carbocycles. The van der Waals surface area contributed by atoms with Crippen LogP contribution in [0.2, 0.25) is 0 Å². The Morgan fingerprint density at radius 2 is 1.67 bits per heavy atom. The Morgan fingerprint density at radius 3 is 2.44 bits per heavy atom. The van der Waals surface area contributed by atoms with E-state index >= 15 is 0 Å². The van der Waals surface area contributed by atoms with Crippen LogP contribution in [0, 0.1) is 0 Å². The van der Waals surface area contributed by atoms with E-state index in [4.69, 9.17) is 14.2 Å². The molecule has 0 amide bonds. The summed E-state index contributed by atoms with van der Waals surface area (Å²) in [6.45, 7) is 3.72. The van der Waals surface area contributed by atoms with Crippen molar-refractivity contribution in [3.05, 3.63) is 59.7 Å². The summed E-state index contributed by atoms with van der Waals surface area (Å²) < 4.78 is 17.4. The lowest BCUT2D eigenvalue weighted by Gasteiger charge is -2.19. The minimum Gasteiger partial charge on any atom is -0.497 e. The van der Waals surface area contributed by atoms with Crippen molar-refractivity contribution in [1.82, 2.24) is 4.90 Å². The Hall–Kier alpha value is -2.53. The molecule has 1 saturated heterocycles. The van der Waals surface area contributed by atoms with Crippen LogP contribution in [0.25, 0.3) is 0 Å². The Labute approximate surface area is 237 Å². The Morgan fingerprint density at radius 1 is 0.923 bits per heavy atom. The molecular weight excluding hydrogens is 486 g/mol. The van der Waals surface area contributed by atoms with Crippen molar-refractivity contribution in [3.8, 4) is 11.5 Å². The van der Waals surface area contributed by atoms with Gasteiger partial charge in [0, 0.05) is 25.4 Å². The summed E-state index contributed by atoms with van der Waals surface area (Å²) in [5.74, 6) is 1.83. The molecule has 39 heavy (non-hydrogen) atoms. The molecule has 2 atom stereocenters. The first kappa shape index (κ1) is 31.0. The van der Waals surface area contributed by atoms with E-state index in [1.54, 1.807) is 7.11 Å². The molecule has 0 bridgehead atoms. The minimum absolute atomic E-state index is 0.00113. The number of hydrogen-bond donors (Lipinski definition) is 0. The minimum atomic E-state index is -0.0294. The molecule has 1 aliphatic rings. The van der Waals surface area contributed by atoms with Gasteiger partial charge in [0.25, 0.3) is 0 Å². The molecule has 1 aliphatic heterocycles. The van der Waals surface area contributed by atoms with Gasteiger partial charge in [-0.3, -0.25) is 9.69 Å². The maximum absolute atomic E-state index is 12.4. The number of benzene rings is 2. The summed E-state index contributed by atoms with van der Waals surface area (Å²) in [5, 5.41) is 0. The number of unbranched alkanes of at least 4 members (excludes halogenated alkanes) is 8. The van der Waals surface area contributed by atoms with Gasteiger partial charge in [0.05, 0.1) is 13.7 Å². The van der Waals surface area contributed by atoms with Gasteiger partial charge in [0.2, 0.25) is 0 Å². The SMILES string of the molecule is CCCCCCCCCCCC(=O)OC1CC(CCOc2ccccc2CCc2cccc(OC)c2)N(C)C1. The molecule has 5 heteroatoms. The van der Waals surface area contributed by atoms with Gasteiger partial charge in [-0.05, 0) is 62.1 Å². The fourth-order valence-electron chi connectivity index (χ4n) is 5.54. The molecule has 0 saturated carbocycles. The van der Waals surface area contributed by atoms with Crippen molar-refractivity contribution in [2.24, 2.45) is 0 Å². The number of rotatable bonds is 19. The summed E-state index contributed by atoms with van der Waals surface area (Å²) >= 11 is 0. The Bertz CT molecular complexity index is 962. The largest absolute Gasteiger partial charge is 0.497 e. The number of esters is 1. The van der Waals surface area contributed by atoms with Crippen LogP contribution in [-0.4, -0.2) is 50.3 Å². The van der Waals surface area contributed by atoms with E-state index in [1.807, 2.05) is 18.2 Å². The van der Waals surface area contributed by atoms with E-state index in [0.717, 1.165) is 56.6 Å². The highest BCUT2D eigenvalue weighted by molar-refractivity contribution is 5.69. The Kier molecular flexibility index (Phi) is 14.3. The molecule has 5 nitrogen and oxygen atoms in total. The molecule has 216 valence electrons. The van der Waals surface area contributed by atoms with Gasteiger partial charge < -0.3 is 14.2 Å². The normalized spacial score (nSPS) is 17.3. The van der Waals surface area contributed by atoms with Crippen LogP contribution < -0.4 is 9.47 Å². The predicted octanol–water partition coefficient (Wildman–Crippen LogP) is 7.79. The number of likely N-dealkylation sites (tertiary alicyclic amines) is 1. The highest BCUT2D eigenvalue weighted by Gasteiger charge is 2.31. The summed E-state index contributed by atoms with van der Waals surface area (Å²) in [7, 11) is 3.83. The summed E-state index contributed by atoms with van der Waals surface area (Å²) in [5.41, 5.74) is 2.48. The average molecular weight is 538 g/mol. The summed E-state index contributed by atoms with van der Waals surface area (Å²) in [6, 6.07) is 17.0. The number of nitrogens with zero attached hydrogens (tertiary/aromatic N) is 1. The third-order valence-electron chi connectivity index (χ3n) is 7.93. The second-order valence-electron chi connectivity index (χ2n) is 11.1. The molecule has 0 aromatic heterocycles. The van der Waals surface area contributed by atoms with Gasteiger partial charge in [0.1, 0.15) is 17.6 Å². The molecule has 1 fully saturated rings. The third-order valence-corrected chi connectivity index (χ3v) is 7.93. The topological polar surface area (TPSA) is 48.0 Å². The lowest BCUT2D eigenvalue weighted by molar-refractivity contribution is -0.148. The maximum atomic E-state index is 12.4. The van der Waals surface area contributed by atoms with E-state index in [9.17, 15) is 4.79 Å². The number of aryl methyl sites for hydroxylation is 2. The van der Waals surface area contributed by atoms with Crippen molar-refractivity contribution in [1.29, 1.82) is 0 Å². The first-order chi connectivity index (χ1) is 19.1. The van der Waals surface area contributed by atoms with Gasteiger partial charge in [0.15, 0.2) is 0 Å². The van der Waals surface area contributed by atoms with Crippen LogP contribution in [0.4, 0.5) is 0 Å². The molecule has 1 heterocycles. The predicted molar refractivity (Wildman–Crippen MR) is 160 cm³/mol. The smallest absolute Gasteiger partial charge is 0.306 e. The molecule has 2 aromatic rings. The standard InChI is InChI=1S/C34H51NO4/c1-4-5-6-7-8-9-10-11-12-20-34(36)39-32-26-30(35(2)27-32)23-24-38-33-19-14-13-17-29(33)22-21-28-16-15-18-31(25-28)37-3/h13-19,25,30,32H,4-12,20-24,26-27H2,1-3H3. The quantitative estimate of drug-likeness (QED) is 0.135. The fourth-order valence-corrected chi connectivity index (χ4v) is 5.54. The van der Waals surface area contributed by atoms with Crippen LogP contribution in [0.5, 0.6) is 11.5 Å². The van der Waals surface area contributed by atoms with Crippen LogP contribution in [-0.2, 0) is 22.4 Å². The number of carbonyl (C=O) groups excluding carboxylic acids is 1. The van der Waals surface area contributed by atoms with E-state index in [-0.39, 0.29) is 12.1 Å². The first-order valence-corrected chi connectivity index (χ1v) is 15.3. The molecule has 0 radical (unpaired) electrons. The van der Waals surface area contributed by atoms with Gasteiger partial charge in [-0.15, -0.1) is 0 Å². The van der Waals surface area contributed by atoms with Gasteiger partial charge in [-0.1, -0.05) is 88.6 Å². The summed E-state index contributed by atoms with van der Waals surface area (Å²) in [4.78, 5) is 14.7. The van der Waals surface area contributed by atoms with E-state index in [1.165, 1.54) is 56.1 Å². The number of hydrogen-bond acceptors (Lipinski definition) is 5. The zero-order valence-corrected chi connectivity index (χ0v) is 24.7. The van der Waals surface area contributed by atoms with Crippen molar-refractivity contribution < 1.29 is 19.0 Å². The number of methoxy groups -OCH3 is 1. The second-order valence-corrected chi connectivity index (χ2v) is 11.1. The van der Waals surface area contributed by atoms with Crippen molar-refractivity contribution in [2.75, 3.05) is 27.3 Å². The van der Waals surface area contributed by atoms with Crippen LogP contribution in [0.3, 0.4) is 0 Å². The van der Waals surface area contributed by atoms with Gasteiger partial charge >= 0.3 is 5.97 Å². The Balaban J connectivity index is 1.31. The highest BCUT2D eigenvalue weighted by Crippen LogP contribution is 2.25. The number of para-hydroxylation sites is 1. The molecule has 3 rings (SSSR count). The highest BCUT2D eigenvalue weighted by atomic mass is 16.5. The lowest BCUT2D eigenvalue weighted by Crippen LogP contribution is -2.27. The van der Waals surface area contributed by atoms with Crippen molar-refractivity contribution in [2.45, 2.75) is 109 Å². The van der Waals surface area contributed by atoms with Crippen LogP contribution >= 0.6 is 0 Å². The number of ether oxygens (including phenoxy) is 3. The average Bonchev–Trinajstić information content (AvgIpc) is 3.29. The van der Waals surface area contributed by atoms with E-state index in [2.05, 4.69) is 49.2 Å². The molecule has 0 spiro atoms. The van der Waals surface area contributed by atoms with E-state index in [0.29, 0.717) is 19.1 Å². The van der Waals surface area contributed by atoms with Crippen molar-refractivity contribution in [3.63, 3.8) is 0 Å². The molecular formula is C34H51NO4. The zero-order valence-electron chi connectivity index (χ0n) is 24.7. The third kappa shape index (κ3) is 11.6. The molecule has 2 unspecified atom stereocenters. The second kappa shape index (κ2) is 17.9. The zero-order chi connectivity index (χ0) is 27.7. The van der Waals surface area contributed by atoms with E-state index < -0.39 is 0 Å². The van der Waals surface area contributed by atoms with Crippen molar-refractivity contribution >= 4 is 5.97 Å². The lowest BCUT2D eigenvalue weighted by atomic mass is 10.0. The number of carbonyl (C=O) groups is 1. The monoisotopic (exact) mass is 537 g/mol. The molecule has 2 aromatic carbocycles. The van der Waals surface area contributed by atoms with Gasteiger partial charge in [-0.2, -0.15) is 0 Å². The summed E-state index contributed by atoms with van der Waals surface area (Å²) in [6.07, 6.45) is 15.5. The fraction of sp³-hybridized carbons (Fsp3) is 0.618. The van der Waals surface area contributed by atoms with Gasteiger partial charge in [-0.25, -0.2) is 0 Å². The molecule has 0 N–H and O–H groups in total. The van der Waals surface area contributed by atoms with Crippen LogP contribution in [0.15, 0.2) is 48.5 Å². The van der Waals surface area contributed by atoms with Crippen LogP contribution in [0.1, 0.15) is 95.1 Å². The number of likely N-dealkylation sites (N-methyl/N-ethyl adjacent to an activating group) is 1.